The minimum absolute atomic E-state index is 0.293. The van der Waals surface area contributed by atoms with Gasteiger partial charge in [0.1, 0.15) is 0 Å². The van der Waals surface area contributed by atoms with Crippen molar-refractivity contribution in [3.63, 3.8) is 0 Å². The van der Waals surface area contributed by atoms with Crippen LogP contribution in [0.2, 0.25) is 0 Å². The summed E-state index contributed by atoms with van der Waals surface area (Å²) in [5, 5.41) is 0. The molecule has 0 bridgehead atoms. The fraction of sp³-hybridized carbons (Fsp3) is 0.857. The molecule has 0 spiro atoms. The van der Waals surface area contributed by atoms with Gasteiger partial charge in [-0.1, -0.05) is 36.2 Å². The van der Waals surface area contributed by atoms with Gasteiger partial charge >= 0.3 is 0 Å². The Balaban J connectivity index is 3.37. The zero-order valence-corrected chi connectivity index (χ0v) is 7.29. The van der Waals surface area contributed by atoms with Crippen molar-refractivity contribution in [2.45, 2.75) is 37.4 Å². The third-order valence-electron chi connectivity index (χ3n) is 1.29. The Morgan fingerprint density at radius 2 is 2.12 bits per heavy atom. The summed E-state index contributed by atoms with van der Waals surface area (Å²) in [4.78, 5) is 0. The highest BCUT2D eigenvalue weighted by molar-refractivity contribution is 9.10. The summed E-state index contributed by atoms with van der Waals surface area (Å²) in [6, 6.07) is 0. The van der Waals surface area contributed by atoms with Crippen LogP contribution in [-0.2, 0) is 0 Å². The molecule has 0 saturated carbocycles. The second-order valence-electron chi connectivity index (χ2n) is 2.41. The Hall–Kier alpha value is 0.480. The fourth-order valence-corrected chi connectivity index (χ4v) is 1.04. The zero-order chi connectivity index (χ0) is 6.62. The molecule has 0 nitrogen and oxygen atoms in total. The zero-order valence-electron chi connectivity index (χ0n) is 5.71. The first kappa shape index (κ1) is 8.48. The van der Waals surface area contributed by atoms with Crippen LogP contribution in [0.5, 0.6) is 0 Å². The molecule has 0 aliphatic rings. The van der Waals surface area contributed by atoms with E-state index >= 15 is 0 Å². The van der Waals surface area contributed by atoms with Crippen LogP contribution in [0.25, 0.3) is 0 Å². The molecule has 0 aromatic carbocycles. The smallest absolute Gasteiger partial charge is 0.0229 e. The predicted molar refractivity (Wildman–Crippen MR) is 42.2 cm³/mol. The quantitative estimate of drug-likeness (QED) is 0.582. The fourth-order valence-electron chi connectivity index (χ4n) is 0.646. The van der Waals surface area contributed by atoms with Crippen molar-refractivity contribution in [3.8, 4) is 0 Å². The number of hydrogen-bond acceptors (Lipinski definition) is 0. The van der Waals surface area contributed by atoms with Gasteiger partial charge in [0.05, 0.1) is 0 Å². The van der Waals surface area contributed by atoms with Gasteiger partial charge in [-0.05, 0) is 19.8 Å². The van der Waals surface area contributed by atoms with Gasteiger partial charge < -0.3 is 0 Å². The molecular weight excluding hydrogens is 164 g/mol. The summed E-state index contributed by atoms with van der Waals surface area (Å²) in [7, 11) is 0. The topological polar surface area (TPSA) is 0 Å². The molecule has 8 heavy (non-hydrogen) atoms. The molecule has 0 rings (SSSR count). The van der Waals surface area contributed by atoms with E-state index in [0.29, 0.717) is 4.32 Å². The Morgan fingerprint density at radius 3 is 2.25 bits per heavy atom. The normalized spacial score (nSPS) is 18.0. The highest BCUT2D eigenvalue weighted by Gasteiger charge is 2.14. The van der Waals surface area contributed by atoms with Crippen molar-refractivity contribution < 1.29 is 0 Å². The lowest BCUT2D eigenvalue weighted by Gasteiger charge is -2.18. The van der Waals surface area contributed by atoms with Crippen molar-refractivity contribution in [3.05, 3.63) is 6.92 Å². The van der Waals surface area contributed by atoms with Crippen LogP contribution in [0, 0.1) is 6.92 Å². The molecule has 1 atom stereocenters. The Labute approximate surface area is 60.8 Å². The predicted octanol–water partition coefficient (Wildman–Crippen LogP) is 3.16. The summed E-state index contributed by atoms with van der Waals surface area (Å²) < 4.78 is 0.293. The van der Waals surface area contributed by atoms with Crippen molar-refractivity contribution in [1.82, 2.24) is 0 Å². The molecule has 0 amide bonds. The number of rotatable bonds is 3. The van der Waals surface area contributed by atoms with Crippen LogP contribution >= 0.6 is 15.9 Å². The molecule has 0 aromatic heterocycles. The molecule has 0 aliphatic heterocycles. The number of alkyl halides is 1. The van der Waals surface area contributed by atoms with E-state index in [0.717, 1.165) is 6.42 Å². The van der Waals surface area contributed by atoms with Gasteiger partial charge in [-0.2, -0.15) is 0 Å². The average Bonchev–Trinajstić information content (AvgIpc) is 1.67. The maximum atomic E-state index is 3.83. The highest BCUT2D eigenvalue weighted by Crippen LogP contribution is 2.26. The molecule has 0 saturated heterocycles. The van der Waals surface area contributed by atoms with Crippen molar-refractivity contribution in [2.24, 2.45) is 0 Å². The lowest BCUT2D eigenvalue weighted by atomic mass is 10.0. The highest BCUT2D eigenvalue weighted by atomic mass is 79.9. The first-order valence-corrected chi connectivity index (χ1v) is 3.90. The van der Waals surface area contributed by atoms with E-state index in [1.54, 1.807) is 0 Å². The van der Waals surface area contributed by atoms with Crippen LogP contribution in [0.1, 0.15) is 33.1 Å². The van der Waals surface area contributed by atoms with E-state index in [1.807, 2.05) is 0 Å². The number of hydrogen-bond donors (Lipinski definition) is 0. The molecule has 49 valence electrons. The van der Waals surface area contributed by atoms with Gasteiger partial charge in [0.25, 0.3) is 0 Å². The molecule has 1 heteroatoms. The summed E-state index contributed by atoms with van der Waals surface area (Å²) in [6.45, 7) is 8.20. The van der Waals surface area contributed by atoms with Crippen molar-refractivity contribution >= 4 is 15.9 Å². The number of halogens is 1. The van der Waals surface area contributed by atoms with Gasteiger partial charge in [0.2, 0.25) is 0 Å². The molecule has 0 heterocycles. The van der Waals surface area contributed by atoms with Gasteiger partial charge in [-0.25, -0.2) is 0 Å². The van der Waals surface area contributed by atoms with Gasteiger partial charge in [0, 0.05) is 4.32 Å². The summed E-state index contributed by atoms with van der Waals surface area (Å²) in [5.74, 6) is 0. The molecule has 0 aromatic rings. The molecule has 0 fully saturated rings. The Bertz CT molecular complexity index is 57.4. The van der Waals surface area contributed by atoms with Crippen LogP contribution in [0.4, 0.5) is 0 Å². The van der Waals surface area contributed by atoms with Crippen LogP contribution in [-0.4, -0.2) is 4.32 Å². The van der Waals surface area contributed by atoms with E-state index in [4.69, 9.17) is 0 Å². The Morgan fingerprint density at radius 1 is 1.62 bits per heavy atom. The molecular formula is C7H14Br. The first-order chi connectivity index (χ1) is 3.62. The maximum Gasteiger partial charge on any atom is 0.0229 e. The lowest BCUT2D eigenvalue weighted by Crippen LogP contribution is -2.12. The van der Waals surface area contributed by atoms with Gasteiger partial charge in [-0.15, -0.1) is 0 Å². The van der Waals surface area contributed by atoms with Crippen LogP contribution in [0.15, 0.2) is 0 Å². The average molecular weight is 178 g/mol. The third kappa shape index (κ3) is 3.48. The molecule has 0 N–H and O–H groups in total. The molecule has 1 unspecified atom stereocenters. The monoisotopic (exact) mass is 177 g/mol. The van der Waals surface area contributed by atoms with E-state index < -0.39 is 0 Å². The van der Waals surface area contributed by atoms with Crippen LogP contribution in [0.3, 0.4) is 0 Å². The minimum atomic E-state index is 0.293. The van der Waals surface area contributed by atoms with Crippen LogP contribution < -0.4 is 0 Å². The van der Waals surface area contributed by atoms with E-state index in [2.05, 4.69) is 36.7 Å². The van der Waals surface area contributed by atoms with Crippen molar-refractivity contribution in [2.75, 3.05) is 0 Å². The van der Waals surface area contributed by atoms with Gasteiger partial charge in [-0.3, -0.25) is 0 Å². The second-order valence-corrected chi connectivity index (χ2v) is 4.33. The molecule has 0 aliphatic carbocycles. The van der Waals surface area contributed by atoms with E-state index in [1.165, 1.54) is 12.8 Å². The largest absolute Gasteiger partial charge is 0.0856 e. The SMILES string of the molecule is [CH2]CC(C)(Br)CCC. The standard InChI is InChI=1S/C7H14Br/c1-4-6-7(3,8)5-2/h2,4-6H2,1,3H3. The van der Waals surface area contributed by atoms with Gasteiger partial charge in [0.15, 0.2) is 0 Å². The summed E-state index contributed by atoms with van der Waals surface area (Å²) >= 11 is 3.58. The minimum Gasteiger partial charge on any atom is -0.0856 e. The first-order valence-electron chi connectivity index (χ1n) is 3.10. The molecule has 1 radical (unpaired) electrons. The third-order valence-corrected chi connectivity index (χ3v) is 2.09. The second kappa shape index (κ2) is 3.49. The van der Waals surface area contributed by atoms with E-state index in [-0.39, 0.29) is 0 Å². The van der Waals surface area contributed by atoms with Crippen molar-refractivity contribution in [1.29, 1.82) is 0 Å². The summed E-state index contributed by atoms with van der Waals surface area (Å²) in [6.07, 6.45) is 3.43. The summed E-state index contributed by atoms with van der Waals surface area (Å²) in [5.41, 5.74) is 0. The van der Waals surface area contributed by atoms with E-state index in [9.17, 15) is 0 Å². The Kier molecular flexibility index (Phi) is 3.70. The maximum absolute atomic E-state index is 3.83. The lowest BCUT2D eigenvalue weighted by molar-refractivity contribution is 0.594.